The number of piperidine rings is 1. The van der Waals surface area contributed by atoms with Gasteiger partial charge in [-0.3, -0.25) is 4.79 Å². The Balaban J connectivity index is 1.44. The molecule has 4 rings (SSSR count). The van der Waals surface area contributed by atoms with Crippen LogP contribution >= 0.6 is 0 Å². The summed E-state index contributed by atoms with van der Waals surface area (Å²) in [6.07, 6.45) is 4.54. The summed E-state index contributed by atoms with van der Waals surface area (Å²) in [5.74, 6) is 0.589. The summed E-state index contributed by atoms with van der Waals surface area (Å²) in [4.78, 5) is 22.5. The van der Waals surface area contributed by atoms with Crippen LogP contribution in [-0.4, -0.2) is 39.9 Å². The number of aromatic nitrogens is 2. The molecule has 0 spiro atoms. The van der Waals surface area contributed by atoms with Crippen LogP contribution in [0.1, 0.15) is 23.4 Å². The second kappa shape index (κ2) is 6.51. The van der Waals surface area contributed by atoms with E-state index in [0.29, 0.717) is 35.6 Å². The molecule has 1 aliphatic heterocycles. The van der Waals surface area contributed by atoms with E-state index >= 15 is 0 Å². The van der Waals surface area contributed by atoms with Gasteiger partial charge in [-0.15, -0.1) is 0 Å². The highest BCUT2D eigenvalue weighted by molar-refractivity contribution is 5.91. The first kappa shape index (κ1) is 15.6. The standard InChI is InChI=1S/C18H17FN4O2/c19-12-3-4-15-14(10-12)17(21-11-20-15)22-13-5-7-23(8-6-13)18(24)16-2-1-9-25-16/h1-4,9-11,13H,5-8H2,(H,20,21,22). The molecule has 0 radical (unpaired) electrons. The van der Waals surface area contributed by atoms with Crippen molar-refractivity contribution in [3.8, 4) is 0 Å². The molecule has 1 saturated heterocycles. The molecule has 1 fully saturated rings. The van der Waals surface area contributed by atoms with Crippen molar-refractivity contribution < 1.29 is 13.6 Å². The Bertz CT molecular complexity index is 889. The zero-order chi connectivity index (χ0) is 17.2. The van der Waals surface area contributed by atoms with Crippen LogP contribution in [-0.2, 0) is 0 Å². The van der Waals surface area contributed by atoms with Crippen molar-refractivity contribution in [2.75, 3.05) is 18.4 Å². The lowest BCUT2D eigenvalue weighted by molar-refractivity contribution is 0.0686. The molecular weight excluding hydrogens is 323 g/mol. The fourth-order valence-corrected chi connectivity index (χ4v) is 3.12. The van der Waals surface area contributed by atoms with Crippen molar-refractivity contribution >= 4 is 22.6 Å². The number of rotatable bonds is 3. The minimum absolute atomic E-state index is 0.0852. The topological polar surface area (TPSA) is 71.3 Å². The van der Waals surface area contributed by atoms with E-state index < -0.39 is 0 Å². The molecule has 2 aromatic heterocycles. The lowest BCUT2D eigenvalue weighted by Gasteiger charge is -2.32. The maximum atomic E-state index is 13.5. The normalized spacial score (nSPS) is 15.5. The average molecular weight is 340 g/mol. The molecule has 1 amide bonds. The number of carbonyl (C=O) groups is 1. The lowest BCUT2D eigenvalue weighted by Crippen LogP contribution is -2.42. The van der Waals surface area contributed by atoms with E-state index in [1.54, 1.807) is 23.1 Å². The monoisotopic (exact) mass is 340 g/mol. The van der Waals surface area contributed by atoms with E-state index in [0.717, 1.165) is 12.8 Å². The minimum atomic E-state index is -0.316. The summed E-state index contributed by atoms with van der Waals surface area (Å²) < 4.78 is 18.7. The van der Waals surface area contributed by atoms with Gasteiger partial charge in [0.15, 0.2) is 5.76 Å². The second-order valence-corrected chi connectivity index (χ2v) is 6.07. The number of hydrogen-bond donors (Lipinski definition) is 1. The fraction of sp³-hybridized carbons (Fsp3) is 0.278. The lowest BCUT2D eigenvalue weighted by atomic mass is 10.0. The summed E-state index contributed by atoms with van der Waals surface area (Å²) in [5.41, 5.74) is 0.698. The molecule has 7 heteroatoms. The number of benzene rings is 1. The van der Waals surface area contributed by atoms with Gasteiger partial charge in [-0.2, -0.15) is 0 Å². The molecule has 3 heterocycles. The van der Waals surface area contributed by atoms with E-state index in [2.05, 4.69) is 15.3 Å². The van der Waals surface area contributed by atoms with Crippen LogP contribution in [0.25, 0.3) is 10.9 Å². The molecule has 1 aliphatic rings. The van der Waals surface area contributed by atoms with Gasteiger partial charge in [-0.25, -0.2) is 14.4 Å². The zero-order valence-corrected chi connectivity index (χ0v) is 13.5. The SMILES string of the molecule is O=C(c1ccco1)N1CCC(Nc2ncnc3ccc(F)cc23)CC1. The average Bonchev–Trinajstić information content (AvgIpc) is 3.17. The van der Waals surface area contributed by atoms with Crippen LogP contribution in [0.4, 0.5) is 10.2 Å². The van der Waals surface area contributed by atoms with Crippen molar-refractivity contribution in [1.29, 1.82) is 0 Å². The number of hydrogen-bond acceptors (Lipinski definition) is 5. The van der Waals surface area contributed by atoms with Gasteiger partial charge in [0.2, 0.25) is 0 Å². The first-order valence-corrected chi connectivity index (χ1v) is 8.20. The third kappa shape index (κ3) is 3.17. The van der Waals surface area contributed by atoms with Gasteiger partial charge < -0.3 is 14.6 Å². The Morgan fingerprint density at radius 1 is 1.24 bits per heavy atom. The maximum Gasteiger partial charge on any atom is 0.289 e. The molecule has 0 unspecified atom stereocenters. The molecule has 0 atom stereocenters. The second-order valence-electron chi connectivity index (χ2n) is 6.07. The van der Waals surface area contributed by atoms with Crippen LogP contribution in [0.15, 0.2) is 47.3 Å². The highest BCUT2D eigenvalue weighted by Crippen LogP contribution is 2.23. The molecule has 25 heavy (non-hydrogen) atoms. The van der Waals surface area contributed by atoms with Crippen LogP contribution in [0, 0.1) is 5.82 Å². The number of amides is 1. The number of furan rings is 1. The molecule has 0 aliphatic carbocycles. The molecule has 1 aromatic carbocycles. The molecule has 128 valence electrons. The summed E-state index contributed by atoms with van der Waals surface area (Å²) in [5, 5.41) is 4.03. The van der Waals surface area contributed by atoms with Crippen molar-refractivity contribution in [2.24, 2.45) is 0 Å². The Kier molecular flexibility index (Phi) is 4.05. The predicted octanol–water partition coefficient (Wildman–Crippen LogP) is 3.08. The Morgan fingerprint density at radius 3 is 2.84 bits per heavy atom. The van der Waals surface area contributed by atoms with Crippen LogP contribution in [0.5, 0.6) is 0 Å². The third-order valence-corrected chi connectivity index (χ3v) is 4.45. The van der Waals surface area contributed by atoms with Crippen molar-refractivity contribution in [1.82, 2.24) is 14.9 Å². The quantitative estimate of drug-likeness (QED) is 0.793. The maximum absolute atomic E-state index is 13.5. The largest absolute Gasteiger partial charge is 0.459 e. The highest BCUT2D eigenvalue weighted by Gasteiger charge is 2.25. The zero-order valence-electron chi connectivity index (χ0n) is 13.5. The third-order valence-electron chi connectivity index (χ3n) is 4.45. The van der Waals surface area contributed by atoms with Gasteiger partial charge in [0.25, 0.3) is 5.91 Å². The highest BCUT2D eigenvalue weighted by atomic mass is 19.1. The summed E-state index contributed by atoms with van der Waals surface area (Å²) in [6.45, 7) is 1.27. The van der Waals surface area contributed by atoms with Crippen molar-refractivity contribution in [3.05, 3.63) is 54.5 Å². The fourth-order valence-electron chi connectivity index (χ4n) is 3.12. The molecule has 0 bridgehead atoms. The van der Waals surface area contributed by atoms with Crippen LogP contribution in [0.3, 0.4) is 0 Å². The number of anilines is 1. The van der Waals surface area contributed by atoms with E-state index in [4.69, 9.17) is 4.42 Å². The Morgan fingerprint density at radius 2 is 2.08 bits per heavy atom. The van der Waals surface area contributed by atoms with Gasteiger partial charge in [-0.05, 0) is 43.2 Å². The van der Waals surface area contributed by atoms with E-state index in [1.165, 1.54) is 24.7 Å². The molecule has 3 aromatic rings. The summed E-state index contributed by atoms with van der Waals surface area (Å²) >= 11 is 0. The Labute approximate surface area is 143 Å². The number of nitrogens with one attached hydrogen (secondary N) is 1. The first-order valence-electron chi connectivity index (χ1n) is 8.20. The van der Waals surface area contributed by atoms with Gasteiger partial charge in [-0.1, -0.05) is 0 Å². The van der Waals surface area contributed by atoms with E-state index in [-0.39, 0.29) is 17.8 Å². The smallest absolute Gasteiger partial charge is 0.289 e. The number of nitrogens with zero attached hydrogens (tertiary/aromatic N) is 3. The van der Waals surface area contributed by atoms with Gasteiger partial charge in [0.1, 0.15) is 18.0 Å². The number of halogens is 1. The number of fused-ring (bicyclic) bond motifs is 1. The van der Waals surface area contributed by atoms with Gasteiger partial charge >= 0.3 is 0 Å². The van der Waals surface area contributed by atoms with E-state index in [1.807, 2.05) is 0 Å². The van der Waals surface area contributed by atoms with Crippen molar-refractivity contribution in [2.45, 2.75) is 18.9 Å². The molecular formula is C18H17FN4O2. The molecule has 6 nitrogen and oxygen atoms in total. The predicted molar refractivity (Wildman–Crippen MR) is 90.8 cm³/mol. The molecule has 1 N–H and O–H groups in total. The van der Waals surface area contributed by atoms with Crippen molar-refractivity contribution in [3.63, 3.8) is 0 Å². The number of carbonyl (C=O) groups excluding carboxylic acids is 1. The number of likely N-dealkylation sites (tertiary alicyclic amines) is 1. The van der Waals surface area contributed by atoms with Gasteiger partial charge in [0.05, 0.1) is 11.8 Å². The summed E-state index contributed by atoms with van der Waals surface area (Å²) in [7, 11) is 0. The van der Waals surface area contributed by atoms with Crippen LogP contribution < -0.4 is 5.32 Å². The Hall–Kier alpha value is -2.96. The first-order chi connectivity index (χ1) is 12.2. The van der Waals surface area contributed by atoms with Crippen LogP contribution in [0.2, 0.25) is 0 Å². The van der Waals surface area contributed by atoms with Gasteiger partial charge in [0, 0.05) is 24.5 Å². The summed E-state index contributed by atoms with van der Waals surface area (Å²) in [6, 6.07) is 8.02. The molecule has 0 saturated carbocycles. The van der Waals surface area contributed by atoms with E-state index in [9.17, 15) is 9.18 Å². The minimum Gasteiger partial charge on any atom is -0.459 e.